The van der Waals surface area contributed by atoms with Gasteiger partial charge >= 0.3 is 0 Å². The molecule has 2 N–H and O–H groups in total. The van der Waals surface area contributed by atoms with E-state index in [1.807, 2.05) is 0 Å². The Morgan fingerprint density at radius 3 is 1.70 bits per heavy atom. The molecule has 0 saturated carbocycles. The van der Waals surface area contributed by atoms with Gasteiger partial charge in [-0.05, 0) is 0 Å². The van der Waals surface area contributed by atoms with Crippen molar-refractivity contribution in [1.29, 1.82) is 0 Å². The Morgan fingerprint density at radius 2 is 1.40 bits per heavy atom. The lowest BCUT2D eigenvalue weighted by Gasteiger charge is -2.01. The van der Waals surface area contributed by atoms with Crippen molar-refractivity contribution >= 4 is 0 Å². The van der Waals surface area contributed by atoms with Gasteiger partial charge in [-0.3, -0.25) is 0 Å². The summed E-state index contributed by atoms with van der Waals surface area (Å²) >= 11 is 0. The normalized spacial score (nSPS) is 27.8. The van der Waals surface area contributed by atoms with Gasteiger partial charge in [-0.25, -0.2) is 0 Å². The molecule has 62 valence electrons. The van der Waals surface area contributed by atoms with Crippen LogP contribution in [0.15, 0.2) is 0 Å². The van der Waals surface area contributed by atoms with Gasteiger partial charge in [-0.15, -0.1) is 0 Å². The van der Waals surface area contributed by atoms with Crippen molar-refractivity contribution in [2.24, 2.45) is 0 Å². The van der Waals surface area contributed by atoms with Crippen molar-refractivity contribution in [3.05, 3.63) is 0 Å². The van der Waals surface area contributed by atoms with Crippen LogP contribution in [0.25, 0.3) is 0 Å². The van der Waals surface area contributed by atoms with Crippen molar-refractivity contribution in [3.8, 4) is 0 Å². The Kier molecular flexibility index (Phi) is 2.40. The van der Waals surface area contributed by atoms with Crippen LogP contribution < -0.4 is 0 Å². The van der Waals surface area contributed by atoms with Crippen molar-refractivity contribution in [3.63, 3.8) is 0 Å². The molecule has 0 saturated heterocycles. The lowest BCUT2D eigenvalue weighted by Crippen LogP contribution is -2.09. The largest absolute Gasteiger partial charge is 0.394 e. The minimum absolute atomic E-state index is 1.14. The maximum atomic E-state index is 8.68. The first-order valence-corrected chi connectivity index (χ1v) is 2.39. The first-order valence-electron chi connectivity index (χ1n) is 6.39. The molecule has 0 spiro atoms. The molecule has 0 aromatic heterocycles. The molecular formula is C6H14O4. The van der Waals surface area contributed by atoms with Crippen LogP contribution >= 0.6 is 0 Å². The molecule has 0 atom stereocenters. The second-order valence-electron chi connectivity index (χ2n) is 1.10. The highest BCUT2D eigenvalue weighted by atomic mass is 16.5. The van der Waals surface area contributed by atoms with Crippen LogP contribution in [0.2, 0.25) is 0 Å². The molecule has 4 nitrogen and oxygen atoms in total. The summed E-state index contributed by atoms with van der Waals surface area (Å²) in [5.74, 6) is 0. The Hall–Kier alpha value is -0.160. The number of hydrogen-bond donors (Lipinski definition) is 2. The lowest BCUT2D eigenvalue weighted by atomic mass is 10.7. The molecule has 10 heavy (non-hydrogen) atoms. The van der Waals surface area contributed by atoms with Crippen LogP contribution in [0.3, 0.4) is 0 Å². The molecule has 0 radical (unpaired) electrons. The summed E-state index contributed by atoms with van der Waals surface area (Å²) in [5, 5.41) is 17.4. The number of ether oxygens (including phenoxy) is 2. The zero-order chi connectivity index (χ0) is 14.8. The third-order valence-electron chi connectivity index (χ3n) is 0.459. The average molecular weight is 158 g/mol. The highest BCUT2D eigenvalue weighted by Gasteiger charge is 1.86. The molecule has 4 heteroatoms. The van der Waals surface area contributed by atoms with Crippen molar-refractivity contribution in [2.45, 2.75) is 0 Å². The maximum Gasteiger partial charge on any atom is 0.0701 e. The highest BCUT2D eigenvalue weighted by molar-refractivity contribution is 4.30. The van der Waals surface area contributed by atoms with Gasteiger partial charge < -0.3 is 19.7 Å². The number of aliphatic hydroxyl groups is 2. The molecule has 0 aliphatic rings. The van der Waals surface area contributed by atoms with Crippen LogP contribution in [0.1, 0.15) is 11.0 Å². The van der Waals surface area contributed by atoms with Gasteiger partial charge in [0.2, 0.25) is 0 Å². The fraction of sp³-hybridized carbons (Fsp3) is 1.00. The standard InChI is InChI=1S/C6H14O4/c7-1-3-9-5-6-10-4-2-8/h7-8H,1-6H2/i1D2,2D2,5D2,6D2. The molecule has 0 heterocycles. The second-order valence-corrected chi connectivity index (χ2v) is 1.10. The Labute approximate surface area is 71.6 Å². The van der Waals surface area contributed by atoms with Gasteiger partial charge in [0, 0.05) is 0 Å². The van der Waals surface area contributed by atoms with Crippen molar-refractivity contribution in [2.75, 3.05) is 39.4 Å². The predicted molar refractivity (Wildman–Crippen MR) is 35.8 cm³/mol. The molecule has 0 aliphatic heterocycles. The molecule has 0 aliphatic carbocycles. The van der Waals surface area contributed by atoms with Crippen LogP contribution in [-0.2, 0) is 9.47 Å². The van der Waals surface area contributed by atoms with E-state index in [9.17, 15) is 0 Å². The summed E-state index contributed by atoms with van der Waals surface area (Å²) in [5.41, 5.74) is 0. The van der Waals surface area contributed by atoms with E-state index in [2.05, 4.69) is 9.47 Å². The first-order chi connectivity index (χ1) is 7.66. The van der Waals surface area contributed by atoms with Crippen LogP contribution in [0.4, 0.5) is 0 Å². The van der Waals surface area contributed by atoms with Gasteiger partial charge in [0.1, 0.15) is 0 Å². The van der Waals surface area contributed by atoms with Gasteiger partial charge in [-0.2, -0.15) is 0 Å². The van der Waals surface area contributed by atoms with Crippen LogP contribution in [0.5, 0.6) is 0 Å². The Bertz CT molecular complexity index is 242. The van der Waals surface area contributed by atoms with Crippen LogP contribution in [-0.4, -0.2) is 49.7 Å². The van der Waals surface area contributed by atoms with E-state index in [4.69, 9.17) is 21.2 Å². The van der Waals surface area contributed by atoms with E-state index in [-0.39, 0.29) is 0 Å². The fourth-order valence-electron chi connectivity index (χ4n) is 0.196. The number of hydrogen-bond acceptors (Lipinski definition) is 4. The van der Waals surface area contributed by atoms with E-state index < -0.39 is 39.4 Å². The average Bonchev–Trinajstić information content (AvgIpc) is 2.10. The summed E-state index contributed by atoms with van der Waals surface area (Å²) in [6.07, 6.45) is 0. The molecule has 0 rings (SSSR count). The van der Waals surface area contributed by atoms with Gasteiger partial charge in [-0.1, -0.05) is 0 Å². The molecule has 0 aromatic rings. The van der Waals surface area contributed by atoms with Gasteiger partial charge in [0.05, 0.1) is 50.4 Å². The molecule has 0 bridgehead atoms. The van der Waals surface area contributed by atoms with E-state index in [1.54, 1.807) is 0 Å². The third kappa shape index (κ3) is 7.84. The van der Waals surface area contributed by atoms with Gasteiger partial charge in [0.15, 0.2) is 0 Å². The smallest absolute Gasteiger partial charge is 0.0701 e. The first kappa shape index (κ1) is 2.71. The van der Waals surface area contributed by atoms with Crippen LogP contribution in [0, 0.1) is 0 Å². The third-order valence-corrected chi connectivity index (χ3v) is 0.459. The Morgan fingerprint density at radius 1 is 1.00 bits per heavy atom. The SMILES string of the molecule is [2H]C([2H])(O)COC([2H])([2H])C([2H])([2H])OCC([2H])([2H])O. The summed E-state index contributed by atoms with van der Waals surface area (Å²) in [4.78, 5) is 0. The topological polar surface area (TPSA) is 58.9 Å². The van der Waals surface area contributed by atoms with E-state index in [1.165, 1.54) is 0 Å². The molecule has 0 fully saturated rings. The highest BCUT2D eigenvalue weighted by Crippen LogP contribution is 1.76. The van der Waals surface area contributed by atoms with E-state index in [0.29, 0.717) is 0 Å². The lowest BCUT2D eigenvalue weighted by molar-refractivity contribution is 0.0222. The second kappa shape index (κ2) is 8.84. The molecule has 0 aromatic carbocycles. The molecule has 0 amide bonds. The zero-order valence-corrected chi connectivity index (χ0v) is 5.13. The number of rotatable bonds is 7. The molecular weight excluding hydrogens is 136 g/mol. The zero-order valence-electron chi connectivity index (χ0n) is 13.1. The predicted octanol–water partition coefficient (Wildman–Crippen LogP) is -0.996. The van der Waals surface area contributed by atoms with Crippen molar-refractivity contribution in [1.82, 2.24) is 0 Å². The fourth-order valence-corrected chi connectivity index (χ4v) is 0.196. The van der Waals surface area contributed by atoms with Gasteiger partial charge in [0.25, 0.3) is 0 Å². The van der Waals surface area contributed by atoms with Crippen molar-refractivity contribution < 1.29 is 30.7 Å². The summed E-state index contributed by atoms with van der Waals surface area (Å²) in [6, 6.07) is 0. The minimum Gasteiger partial charge on any atom is -0.394 e. The summed E-state index contributed by atoms with van der Waals surface area (Å²) in [6.45, 7) is -14.3. The summed E-state index contributed by atoms with van der Waals surface area (Å²) < 4.78 is 63.9. The minimum atomic E-state index is -3.14. The Balaban J connectivity index is 4.55. The quantitative estimate of drug-likeness (QED) is 0.499. The van der Waals surface area contributed by atoms with E-state index in [0.717, 1.165) is 0 Å². The summed E-state index contributed by atoms with van der Waals surface area (Å²) in [7, 11) is 0. The van der Waals surface area contributed by atoms with E-state index >= 15 is 0 Å². The maximum absolute atomic E-state index is 8.68. The molecule has 0 unspecified atom stereocenters. The monoisotopic (exact) mass is 158 g/mol.